The second-order valence-corrected chi connectivity index (χ2v) is 4.10. The monoisotopic (exact) mass is 220 g/mol. The number of likely N-dealkylation sites (tertiary alicyclic amines) is 1. The first-order chi connectivity index (χ1) is 7.70. The SMILES string of the molecule is NCc1cccc(C(=O)N2CC[C@@H](O)C2)c1. The molecule has 16 heavy (non-hydrogen) atoms. The van der Waals surface area contributed by atoms with Crippen molar-refractivity contribution in [2.24, 2.45) is 5.73 Å². The molecule has 4 nitrogen and oxygen atoms in total. The van der Waals surface area contributed by atoms with Gasteiger partial charge in [0, 0.05) is 25.2 Å². The molecule has 1 amide bonds. The molecule has 1 aromatic carbocycles. The molecule has 1 heterocycles. The topological polar surface area (TPSA) is 66.6 Å². The van der Waals surface area contributed by atoms with E-state index in [2.05, 4.69) is 0 Å². The summed E-state index contributed by atoms with van der Waals surface area (Å²) in [4.78, 5) is 13.7. The number of rotatable bonds is 2. The summed E-state index contributed by atoms with van der Waals surface area (Å²) in [6.45, 7) is 1.50. The molecule has 1 atom stereocenters. The summed E-state index contributed by atoms with van der Waals surface area (Å²) in [6, 6.07) is 7.33. The maximum Gasteiger partial charge on any atom is 0.253 e. The fourth-order valence-corrected chi connectivity index (χ4v) is 1.94. The number of benzene rings is 1. The molecule has 0 spiro atoms. The lowest BCUT2D eigenvalue weighted by Gasteiger charge is -2.15. The quantitative estimate of drug-likeness (QED) is 0.756. The van der Waals surface area contributed by atoms with Crippen LogP contribution in [0, 0.1) is 0 Å². The first-order valence-corrected chi connectivity index (χ1v) is 5.47. The highest BCUT2D eigenvalue weighted by Crippen LogP contribution is 2.14. The van der Waals surface area contributed by atoms with Crippen LogP contribution < -0.4 is 5.73 Å². The molecule has 4 heteroatoms. The molecule has 1 fully saturated rings. The van der Waals surface area contributed by atoms with Crippen molar-refractivity contribution in [1.82, 2.24) is 4.90 Å². The van der Waals surface area contributed by atoms with E-state index < -0.39 is 0 Å². The van der Waals surface area contributed by atoms with E-state index in [1.54, 1.807) is 11.0 Å². The molecule has 0 saturated carbocycles. The van der Waals surface area contributed by atoms with Crippen molar-refractivity contribution in [2.75, 3.05) is 13.1 Å². The van der Waals surface area contributed by atoms with Crippen molar-refractivity contribution in [3.63, 3.8) is 0 Å². The van der Waals surface area contributed by atoms with E-state index in [1.165, 1.54) is 0 Å². The molecule has 1 saturated heterocycles. The van der Waals surface area contributed by atoms with Gasteiger partial charge in [0.05, 0.1) is 6.10 Å². The maximum atomic E-state index is 12.0. The van der Waals surface area contributed by atoms with Crippen molar-refractivity contribution in [3.05, 3.63) is 35.4 Å². The third kappa shape index (κ3) is 2.23. The Balaban J connectivity index is 2.14. The number of carbonyl (C=O) groups is 1. The predicted molar refractivity (Wildman–Crippen MR) is 60.9 cm³/mol. The van der Waals surface area contributed by atoms with Gasteiger partial charge in [-0.3, -0.25) is 4.79 Å². The Morgan fingerprint density at radius 2 is 2.38 bits per heavy atom. The zero-order chi connectivity index (χ0) is 11.5. The van der Waals surface area contributed by atoms with E-state index in [0.29, 0.717) is 31.6 Å². The Hall–Kier alpha value is -1.39. The Kier molecular flexibility index (Phi) is 3.22. The van der Waals surface area contributed by atoms with Gasteiger partial charge in [0.25, 0.3) is 5.91 Å². The van der Waals surface area contributed by atoms with Crippen LogP contribution in [0.15, 0.2) is 24.3 Å². The number of amides is 1. The number of hydrogen-bond donors (Lipinski definition) is 2. The second-order valence-electron chi connectivity index (χ2n) is 4.10. The van der Waals surface area contributed by atoms with Gasteiger partial charge in [-0.1, -0.05) is 12.1 Å². The number of carbonyl (C=O) groups excluding carboxylic acids is 1. The zero-order valence-corrected chi connectivity index (χ0v) is 9.10. The number of nitrogens with zero attached hydrogens (tertiary/aromatic N) is 1. The lowest BCUT2D eigenvalue weighted by molar-refractivity contribution is 0.0765. The fourth-order valence-electron chi connectivity index (χ4n) is 1.94. The van der Waals surface area contributed by atoms with E-state index in [9.17, 15) is 9.90 Å². The van der Waals surface area contributed by atoms with E-state index >= 15 is 0 Å². The molecule has 3 N–H and O–H groups in total. The third-order valence-corrected chi connectivity index (χ3v) is 2.86. The second kappa shape index (κ2) is 4.63. The van der Waals surface area contributed by atoms with E-state index in [0.717, 1.165) is 5.56 Å². The molecule has 2 rings (SSSR count). The van der Waals surface area contributed by atoms with Crippen LogP contribution in [0.5, 0.6) is 0 Å². The lowest BCUT2D eigenvalue weighted by atomic mass is 10.1. The van der Waals surface area contributed by atoms with Crippen molar-refractivity contribution in [2.45, 2.75) is 19.1 Å². The van der Waals surface area contributed by atoms with E-state index in [-0.39, 0.29) is 12.0 Å². The molecule has 1 aliphatic heterocycles. The average Bonchev–Trinajstić information content (AvgIpc) is 2.75. The van der Waals surface area contributed by atoms with Crippen LogP contribution in [0.3, 0.4) is 0 Å². The van der Waals surface area contributed by atoms with Gasteiger partial charge < -0.3 is 15.7 Å². The summed E-state index contributed by atoms with van der Waals surface area (Å²) < 4.78 is 0. The van der Waals surface area contributed by atoms with Crippen molar-refractivity contribution >= 4 is 5.91 Å². The number of nitrogens with two attached hydrogens (primary N) is 1. The highest BCUT2D eigenvalue weighted by Gasteiger charge is 2.25. The lowest BCUT2D eigenvalue weighted by Crippen LogP contribution is -2.29. The van der Waals surface area contributed by atoms with Gasteiger partial charge >= 0.3 is 0 Å². The molecule has 0 unspecified atom stereocenters. The molecule has 86 valence electrons. The van der Waals surface area contributed by atoms with Crippen LogP contribution in [0.25, 0.3) is 0 Å². The Morgan fingerprint density at radius 3 is 3.00 bits per heavy atom. The summed E-state index contributed by atoms with van der Waals surface area (Å²) in [7, 11) is 0. The minimum Gasteiger partial charge on any atom is -0.391 e. The molecule has 0 bridgehead atoms. The van der Waals surface area contributed by atoms with Gasteiger partial charge in [-0.2, -0.15) is 0 Å². The fraction of sp³-hybridized carbons (Fsp3) is 0.417. The molecule has 0 aliphatic carbocycles. The summed E-state index contributed by atoms with van der Waals surface area (Å²) >= 11 is 0. The van der Waals surface area contributed by atoms with Crippen LogP contribution in [0.2, 0.25) is 0 Å². The number of aliphatic hydroxyl groups excluding tert-OH is 1. The van der Waals surface area contributed by atoms with Gasteiger partial charge in [-0.15, -0.1) is 0 Å². The average molecular weight is 220 g/mol. The molecular formula is C12H16N2O2. The number of hydrogen-bond acceptors (Lipinski definition) is 3. The van der Waals surface area contributed by atoms with E-state index in [1.807, 2.05) is 18.2 Å². The molecule has 0 radical (unpaired) electrons. The Bertz CT molecular complexity index is 392. The summed E-state index contributed by atoms with van der Waals surface area (Å²) in [5.74, 6) is -0.0214. The van der Waals surface area contributed by atoms with Gasteiger partial charge in [-0.05, 0) is 24.1 Å². The van der Waals surface area contributed by atoms with Crippen molar-refractivity contribution in [1.29, 1.82) is 0 Å². The van der Waals surface area contributed by atoms with Crippen LogP contribution in [-0.4, -0.2) is 35.1 Å². The van der Waals surface area contributed by atoms with Crippen LogP contribution in [-0.2, 0) is 6.54 Å². The molecule has 1 aliphatic rings. The van der Waals surface area contributed by atoms with Gasteiger partial charge in [0.1, 0.15) is 0 Å². The Morgan fingerprint density at radius 1 is 1.56 bits per heavy atom. The summed E-state index contributed by atoms with van der Waals surface area (Å²) in [5, 5.41) is 9.38. The largest absolute Gasteiger partial charge is 0.391 e. The maximum absolute atomic E-state index is 12.0. The molecular weight excluding hydrogens is 204 g/mol. The van der Waals surface area contributed by atoms with Crippen molar-refractivity contribution in [3.8, 4) is 0 Å². The smallest absolute Gasteiger partial charge is 0.253 e. The minimum atomic E-state index is -0.373. The van der Waals surface area contributed by atoms with Crippen LogP contribution >= 0.6 is 0 Å². The highest BCUT2D eigenvalue weighted by atomic mass is 16.3. The summed E-state index contributed by atoms with van der Waals surface area (Å²) in [5.41, 5.74) is 7.13. The Labute approximate surface area is 94.7 Å². The summed E-state index contributed by atoms with van der Waals surface area (Å²) in [6.07, 6.45) is 0.295. The zero-order valence-electron chi connectivity index (χ0n) is 9.10. The first-order valence-electron chi connectivity index (χ1n) is 5.47. The predicted octanol–water partition coefficient (Wildman–Crippen LogP) is 0.352. The molecule has 1 aromatic rings. The minimum absolute atomic E-state index is 0.0214. The third-order valence-electron chi connectivity index (χ3n) is 2.86. The van der Waals surface area contributed by atoms with E-state index in [4.69, 9.17) is 5.73 Å². The highest BCUT2D eigenvalue weighted by molar-refractivity contribution is 5.94. The number of β-amino-alcohol motifs (C(OH)–C–C–N with tert-alkyl or cyclic N) is 1. The van der Waals surface area contributed by atoms with Gasteiger partial charge in [0.15, 0.2) is 0 Å². The van der Waals surface area contributed by atoms with Gasteiger partial charge in [-0.25, -0.2) is 0 Å². The van der Waals surface area contributed by atoms with Gasteiger partial charge in [0.2, 0.25) is 0 Å². The standard InChI is InChI=1S/C12H16N2O2/c13-7-9-2-1-3-10(6-9)12(16)14-5-4-11(15)8-14/h1-3,6,11,15H,4-5,7-8,13H2/t11-/m1/s1. The molecule has 0 aromatic heterocycles. The van der Waals surface area contributed by atoms with Crippen molar-refractivity contribution < 1.29 is 9.90 Å². The normalized spacial score (nSPS) is 20.1. The van der Waals surface area contributed by atoms with Crippen LogP contribution in [0.1, 0.15) is 22.3 Å². The first kappa shape index (κ1) is 11.1. The van der Waals surface area contributed by atoms with Crippen LogP contribution in [0.4, 0.5) is 0 Å². The number of aliphatic hydroxyl groups is 1.